The minimum Gasteiger partial charge on any atom is -0.493 e. The van der Waals surface area contributed by atoms with Gasteiger partial charge in [0.05, 0.1) is 25.4 Å². The largest absolute Gasteiger partial charge is 0.493 e. The lowest BCUT2D eigenvalue weighted by molar-refractivity contribution is -0.112. The van der Waals surface area contributed by atoms with E-state index in [0.29, 0.717) is 36.3 Å². The van der Waals surface area contributed by atoms with Gasteiger partial charge in [-0.1, -0.05) is 18.2 Å². The molecule has 0 radical (unpaired) electrons. The Kier molecular flexibility index (Phi) is 6.43. The smallest absolute Gasteiger partial charge is 0.253 e. The highest BCUT2D eigenvalue weighted by Gasteiger charge is 2.45. The van der Waals surface area contributed by atoms with Gasteiger partial charge in [0.25, 0.3) is 5.91 Å². The van der Waals surface area contributed by atoms with Crippen molar-refractivity contribution >= 4 is 5.91 Å². The van der Waals surface area contributed by atoms with E-state index in [1.54, 1.807) is 13.2 Å². The summed E-state index contributed by atoms with van der Waals surface area (Å²) < 4.78 is 24.4. The van der Waals surface area contributed by atoms with E-state index < -0.39 is 0 Å². The zero-order chi connectivity index (χ0) is 23.7. The molecule has 1 saturated carbocycles. The number of hydrogen-bond donors (Lipinski definition) is 0. The number of piperidine rings is 1. The number of fused-ring (bicyclic) bond motifs is 1. The van der Waals surface area contributed by atoms with E-state index in [4.69, 9.17) is 18.9 Å². The van der Waals surface area contributed by atoms with Gasteiger partial charge in [-0.3, -0.25) is 4.79 Å². The highest BCUT2D eigenvalue weighted by atomic mass is 16.5. The molecule has 1 atom stereocenters. The summed E-state index contributed by atoms with van der Waals surface area (Å²) in [7, 11) is 1.60. The molecule has 6 heteroatoms. The zero-order valence-corrected chi connectivity index (χ0v) is 20.4. The molecule has 1 amide bonds. The summed E-state index contributed by atoms with van der Waals surface area (Å²) in [5, 5.41) is 0. The van der Waals surface area contributed by atoms with Crippen LogP contribution in [0.5, 0.6) is 17.2 Å². The molecule has 1 spiro atoms. The highest BCUT2D eigenvalue weighted by Crippen LogP contribution is 2.47. The first kappa shape index (κ1) is 23.0. The van der Waals surface area contributed by atoms with E-state index in [1.165, 1.54) is 6.42 Å². The second-order valence-electron chi connectivity index (χ2n) is 10.0. The van der Waals surface area contributed by atoms with Crippen LogP contribution in [0.4, 0.5) is 0 Å². The number of rotatable bonds is 6. The average Bonchev–Trinajstić information content (AvgIpc) is 2.81. The number of carbonyl (C=O) groups is 1. The summed E-state index contributed by atoms with van der Waals surface area (Å²) >= 11 is 0. The number of amides is 1. The Morgan fingerprint density at radius 3 is 2.53 bits per heavy atom. The van der Waals surface area contributed by atoms with E-state index in [0.717, 1.165) is 43.4 Å². The first-order valence-corrected chi connectivity index (χ1v) is 12.5. The lowest BCUT2D eigenvalue weighted by Crippen LogP contribution is -2.52. The molecule has 2 aromatic rings. The first-order valence-electron chi connectivity index (χ1n) is 12.5. The standard InChI is InChI=1S/C28H35NO5/c1-19(2)32-24-12-11-20(17-25(24)31-3)27(30)29-15-13-28(14-16-29)18-26(33-21-7-6-8-21)22-9-4-5-10-23(22)34-28/h4-5,9-12,17,19,21,26H,6-8,13-16,18H2,1-3H3. The van der Waals surface area contributed by atoms with E-state index >= 15 is 0 Å². The minimum atomic E-state index is -0.286. The van der Waals surface area contributed by atoms with Crippen molar-refractivity contribution in [3.8, 4) is 17.2 Å². The van der Waals surface area contributed by atoms with E-state index in [-0.39, 0.29) is 23.7 Å². The summed E-state index contributed by atoms with van der Waals surface area (Å²) in [5.41, 5.74) is 1.49. The van der Waals surface area contributed by atoms with Crippen molar-refractivity contribution in [2.75, 3.05) is 20.2 Å². The van der Waals surface area contributed by atoms with Gasteiger partial charge >= 0.3 is 0 Å². The van der Waals surface area contributed by atoms with Crippen LogP contribution in [0.2, 0.25) is 0 Å². The number of likely N-dealkylation sites (tertiary alicyclic amines) is 1. The van der Waals surface area contributed by atoms with E-state index in [1.807, 2.05) is 36.9 Å². The predicted molar refractivity (Wildman–Crippen MR) is 130 cm³/mol. The van der Waals surface area contributed by atoms with Crippen molar-refractivity contribution in [2.45, 2.75) is 76.3 Å². The molecule has 1 saturated heterocycles. The third-order valence-corrected chi connectivity index (χ3v) is 7.29. The second-order valence-corrected chi connectivity index (χ2v) is 10.0. The SMILES string of the molecule is COc1cc(C(=O)N2CCC3(CC2)CC(OC2CCC2)c2ccccc2O3)ccc1OC(C)C. The number of benzene rings is 2. The van der Waals surface area contributed by atoms with E-state index in [9.17, 15) is 4.79 Å². The molecule has 0 N–H and O–H groups in total. The van der Waals surface area contributed by atoms with Gasteiger partial charge < -0.3 is 23.8 Å². The second kappa shape index (κ2) is 9.49. The normalized spacial score (nSPS) is 21.5. The topological polar surface area (TPSA) is 57.2 Å². The Morgan fingerprint density at radius 2 is 1.85 bits per heavy atom. The van der Waals surface area contributed by atoms with Gasteiger partial charge in [0, 0.05) is 43.5 Å². The molecule has 182 valence electrons. The molecular formula is C28H35NO5. The summed E-state index contributed by atoms with van der Waals surface area (Å²) in [4.78, 5) is 15.2. The first-order chi connectivity index (χ1) is 16.5. The van der Waals surface area contributed by atoms with Crippen LogP contribution in [0.25, 0.3) is 0 Å². The van der Waals surface area contributed by atoms with Crippen molar-refractivity contribution in [1.29, 1.82) is 0 Å². The fourth-order valence-corrected chi connectivity index (χ4v) is 5.18. The van der Waals surface area contributed by atoms with Crippen molar-refractivity contribution in [1.82, 2.24) is 4.90 Å². The fraction of sp³-hybridized carbons (Fsp3) is 0.536. The van der Waals surface area contributed by atoms with Gasteiger partial charge in [-0.15, -0.1) is 0 Å². The third kappa shape index (κ3) is 4.61. The Balaban J connectivity index is 1.28. The predicted octanol–water partition coefficient (Wildman–Crippen LogP) is 5.55. The van der Waals surface area contributed by atoms with Gasteiger partial charge in [-0.2, -0.15) is 0 Å². The maximum Gasteiger partial charge on any atom is 0.253 e. The fourth-order valence-electron chi connectivity index (χ4n) is 5.18. The van der Waals surface area contributed by atoms with Crippen LogP contribution in [0.15, 0.2) is 42.5 Å². The Morgan fingerprint density at radius 1 is 1.09 bits per heavy atom. The maximum absolute atomic E-state index is 13.3. The van der Waals surface area contributed by atoms with Gasteiger partial charge in [0.2, 0.25) is 0 Å². The molecule has 2 heterocycles. The van der Waals surface area contributed by atoms with Crippen LogP contribution in [-0.4, -0.2) is 48.8 Å². The Labute approximate surface area is 202 Å². The number of ether oxygens (including phenoxy) is 4. The molecule has 1 unspecified atom stereocenters. The van der Waals surface area contributed by atoms with Gasteiger partial charge in [-0.05, 0) is 57.4 Å². The van der Waals surface area contributed by atoms with Gasteiger partial charge in [0.1, 0.15) is 11.4 Å². The van der Waals surface area contributed by atoms with Crippen LogP contribution in [0.3, 0.4) is 0 Å². The Hall–Kier alpha value is -2.73. The van der Waals surface area contributed by atoms with Gasteiger partial charge in [0.15, 0.2) is 11.5 Å². The number of methoxy groups -OCH3 is 1. The van der Waals surface area contributed by atoms with Crippen LogP contribution >= 0.6 is 0 Å². The van der Waals surface area contributed by atoms with Crippen LogP contribution in [-0.2, 0) is 4.74 Å². The molecule has 0 aromatic heterocycles. The molecule has 2 aromatic carbocycles. The van der Waals surface area contributed by atoms with Crippen molar-refractivity contribution in [3.63, 3.8) is 0 Å². The molecule has 5 rings (SSSR count). The molecule has 6 nitrogen and oxygen atoms in total. The molecule has 3 aliphatic rings. The number of nitrogens with zero attached hydrogens (tertiary/aromatic N) is 1. The lowest BCUT2D eigenvalue weighted by Gasteiger charge is -2.47. The molecule has 34 heavy (non-hydrogen) atoms. The monoisotopic (exact) mass is 465 g/mol. The number of hydrogen-bond acceptors (Lipinski definition) is 5. The van der Waals surface area contributed by atoms with Crippen molar-refractivity contribution in [2.24, 2.45) is 0 Å². The quantitative estimate of drug-likeness (QED) is 0.560. The average molecular weight is 466 g/mol. The Bertz CT molecular complexity index is 1020. The van der Waals surface area contributed by atoms with Crippen molar-refractivity contribution in [3.05, 3.63) is 53.6 Å². The minimum absolute atomic E-state index is 0.0164. The summed E-state index contributed by atoms with van der Waals surface area (Å²) in [6, 6.07) is 13.7. The molecule has 0 bridgehead atoms. The summed E-state index contributed by atoms with van der Waals surface area (Å²) in [6.07, 6.45) is 6.46. The van der Waals surface area contributed by atoms with Crippen LogP contribution < -0.4 is 14.2 Å². The van der Waals surface area contributed by atoms with Crippen LogP contribution in [0.1, 0.15) is 74.4 Å². The van der Waals surface area contributed by atoms with E-state index in [2.05, 4.69) is 18.2 Å². The number of para-hydroxylation sites is 1. The van der Waals surface area contributed by atoms with Crippen molar-refractivity contribution < 1.29 is 23.7 Å². The van der Waals surface area contributed by atoms with Crippen LogP contribution in [0, 0.1) is 0 Å². The lowest BCUT2D eigenvalue weighted by atomic mass is 9.81. The highest BCUT2D eigenvalue weighted by molar-refractivity contribution is 5.95. The zero-order valence-electron chi connectivity index (χ0n) is 20.4. The summed E-state index contributed by atoms with van der Waals surface area (Å²) in [6.45, 7) is 5.25. The maximum atomic E-state index is 13.3. The number of carbonyl (C=O) groups excluding carboxylic acids is 1. The molecule has 2 fully saturated rings. The molecule has 2 aliphatic heterocycles. The summed E-state index contributed by atoms with van der Waals surface area (Å²) in [5.74, 6) is 2.18. The third-order valence-electron chi connectivity index (χ3n) is 7.29. The molecular weight excluding hydrogens is 430 g/mol. The molecule has 1 aliphatic carbocycles. The van der Waals surface area contributed by atoms with Gasteiger partial charge in [-0.25, -0.2) is 0 Å².